The molecular formula is C27H43F2N3O5. The number of aromatic nitrogens is 2. The molecule has 0 radical (unpaired) electrons. The Kier molecular flexibility index (Phi) is 11.5. The predicted molar refractivity (Wildman–Crippen MR) is 136 cm³/mol. The number of aliphatic hydroxyl groups excluding tert-OH is 2. The molecule has 3 N–H and O–H groups in total. The van der Waals surface area contributed by atoms with E-state index < -0.39 is 36.7 Å². The van der Waals surface area contributed by atoms with Crippen LogP contribution in [0, 0.1) is 11.8 Å². The average Bonchev–Trinajstić information content (AvgIpc) is 3.11. The molecule has 1 aromatic heterocycles. The maximum absolute atomic E-state index is 14.4. The summed E-state index contributed by atoms with van der Waals surface area (Å²) in [5, 5.41) is 21.6. The summed E-state index contributed by atoms with van der Waals surface area (Å²) in [4.78, 5) is 29.3. The van der Waals surface area contributed by atoms with Gasteiger partial charge in [-0.15, -0.1) is 0 Å². The molecule has 8 nitrogen and oxygen atoms in total. The van der Waals surface area contributed by atoms with Crippen molar-refractivity contribution < 1.29 is 28.5 Å². The summed E-state index contributed by atoms with van der Waals surface area (Å²) < 4.78 is 34.4. The van der Waals surface area contributed by atoms with Gasteiger partial charge in [0, 0.05) is 12.1 Å². The molecule has 5 atom stereocenters. The van der Waals surface area contributed by atoms with E-state index in [2.05, 4.69) is 17.2 Å². The Morgan fingerprint density at radius 1 is 1.14 bits per heavy atom. The van der Waals surface area contributed by atoms with Crippen molar-refractivity contribution in [3.05, 3.63) is 22.7 Å². The minimum Gasteiger partial charge on any atom is -0.394 e. The number of alkyl halides is 2. The van der Waals surface area contributed by atoms with Gasteiger partial charge in [0.2, 0.25) is 12.1 Å². The van der Waals surface area contributed by atoms with Crippen molar-refractivity contribution in [1.82, 2.24) is 9.55 Å². The van der Waals surface area contributed by atoms with Crippen LogP contribution in [0.5, 0.6) is 0 Å². The summed E-state index contributed by atoms with van der Waals surface area (Å²) in [6.45, 7) is 1.41. The van der Waals surface area contributed by atoms with Crippen LogP contribution >= 0.6 is 0 Å². The first-order chi connectivity index (χ1) is 17.8. The van der Waals surface area contributed by atoms with Crippen LogP contribution in [0.4, 0.5) is 14.6 Å². The highest BCUT2D eigenvalue weighted by atomic mass is 19.3. The Morgan fingerprint density at radius 3 is 2.41 bits per heavy atom. The predicted octanol–water partition coefficient (Wildman–Crippen LogP) is 4.80. The number of aliphatic hydroxyl groups is 2. The van der Waals surface area contributed by atoms with E-state index >= 15 is 0 Å². The molecular weight excluding hydrogens is 484 g/mol. The van der Waals surface area contributed by atoms with Crippen molar-refractivity contribution in [2.24, 2.45) is 11.8 Å². The van der Waals surface area contributed by atoms with Gasteiger partial charge in [0.15, 0.2) is 6.10 Å². The summed E-state index contributed by atoms with van der Waals surface area (Å²) in [5.41, 5.74) is -1.04. The lowest BCUT2D eigenvalue weighted by Crippen LogP contribution is -2.42. The van der Waals surface area contributed by atoms with Crippen molar-refractivity contribution in [3.8, 4) is 0 Å². The van der Waals surface area contributed by atoms with Gasteiger partial charge < -0.3 is 20.3 Å². The van der Waals surface area contributed by atoms with Gasteiger partial charge in [-0.25, -0.2) is 4.79 Å². The quantitative estimate of drug-likeness (QED) is 0.300. The summed E-state index contributed by atoms with van der Waals surface area (Å²) in [7, 11) is 0. The van der Waals surface area contributed by atoms with E-state index in [9.17, 15) is 23.5 Å². The third-order valence-corrected chi connectivity index (χ3v) is 7.82. The molecule has 0 aromatic carbocycles. The number of nitrogens with one attached hydrogen (secondary N) is 1. The van der Waals surface area contributed by atoms with Crippen LogP contribution in [0.3, 0.4) is 0 Å². The van der Waals surface area contributed by atoms with E-state index in [4.69, 9.17) is 9.84 Å². The molecule has 1 saturated carbocycles. The summed E-state index contributed by atoms with van der Waals surface area (Å²) in [6.07, 6.45) is 11.4. The first-order valence-corrected chi connectivity index (χ1v) is 14.0. The summed E-state index contributed by atoms with van der Waals surface area (Å²) >= 11 is 0. The van der Waals surface area contributed by atoms with Gasteiger partial charge in [-0.05, 0) is 31.2 Å². The SMILES string of the molecule is CCCCCCCCCCCC1CCCCC1C(=O)Nc1ccn([C@@H]2O[C@H](CO)[C@@H](O)C2(F)F)c(=O)n1. The number of nitrogens with zero attached hydrogens (tertiary/aromatic N) is 2. The molecule has 3 rings (SSSR count). The Balaban J connectivity index is 1.51. The van der Waals surface area contributed by atoms with Crippen LogP contribution < -0.4 is 11.0 Å². The number of ether oxygens (including phenoxy) is 1. The lowest BCUT2D eigenvalue weighted by atomic mass is 9.76. The molecule has 2 unspecified atom stereocenters. The normalized spacial score (nSPS) is 27.3. The van der Waals surface area contributed by atoms with Gasteiger partial charge in [-0.1, -0.05) is 77.6 Å². The van der Waals surface area contributed by atoms with Crippen LogP contribution in [-0.2, 0) is 9.53 Å². The lowest BCUT2D eigenvalue weighted by Gasteiger charge is -2.30. The van der Waals surface area contributed by atoms with Crippen molar-refractivity contribution in [2.45, 2.75) is 121 Å². The highest BCUT2D eigenvalue weighted by Gasteiger charge is 2.59. The van der Waals surface area contributed by atoms with E-state index in [1.54, 1.807) is 0 Å². The molecule has 0 spiro atoms. The fourth-order valence-electron chi connectivity index (χ4n) is 5.61. The third-order valence-electron chi connectivity index (χ3n) is 7.82. The number of carbonyl (C=O) groups excluding carboxylic acids is 1. The van der Waals surface area contributed by atoms with Crippen LogP contribution in [0.1, 0.15) is 103 Å². The second-order valence-electron chi connectivity index (χ2n) is 10.6. The van der Waals surface area contributed by atoms with Gasteiger partial charge in [0.1, 0.15) is 11.9 Å². The largest absolute Gasteiger partial charge is 0.394 e. The summed E-state index contributed by atoms with van der Waals surface area (Å²) in [5.74, 6) is -3.84. The van der Waals surface area contributed by atoms with E-state index in [1.807, 2.05) is 0 Å². The molecule has 0 bridgehead atoms. The molecule has 2 fully saturated rings. The maximum atomic E-state index is 14.4. The fourth-order valence-corrected chi connectivity index (χ4v) is 5.61. The van der Waals surface area contributed by atoms with Crippen LogP contribution in [0.15, 0.2) is 17.1 Å². The van der Waals surface area contributed by atoms with Crippen molar-refractivity contribution >= 4 is 11.7 Å². The molecule has 1 aromatic rings. The Labute approximate surface area is 217 Å². The topological polar surface area (TPSA) is 114 Å². The van der Waals surface area contributed by atoms with Crippen LogP contribution in [0.25, 0.3) is 0 Å². The highest BCUT2D eigenvalue weighted by molar-refractivity contribution is 5.91. The number of halogens is 2. The average molecular weight is 528 g/mol. The second kappa shape index (κ2) is 14.3. The first kappa shape index (κ1) is 29.6. The first-order valence-electron chi connectivity index (χ1n) is 14.0. The summed E-state index contributed by atoms with van der Waals surface area (Å²) in [6, 6.07) is 1.27. The van der Waals surface area contributed by atoms with Crippen molar-refractivity contribution in [3.63, 3.8) is 0 Å². The number of amides is 1. The van der Waals surface area contributed by atoms with Crippen molar-refractivity contribution in [2.75, 3.05) is 11.9 Å². The van der Waals surface area contributed by atoms with E-state index in [-0.39, 0.29) is 17.6 Å². The standard InChI is InChI=1S/C27H43F2N3O5/c1-2-3-4-5-6-7-8-9-10-13-19-14-11-12-15-20(19)24(35)30-22-16-17-32(26(36)31-22)25-27(28,29)23(34)21(18-33)37-25/h16-17,19-21,23,25,33-34H,2-15,18H2,1H3,(H,30,31,35,36)/t19?,20?,21-,23-,25-/m1/s1. The molecule has 1 amide bonds. The number of rotatable bonds is 14. The second-order valence-corrected chi connectivity index (χ2v) is 10.6. The molecule has 10 heteroatoms. The lowest BCUT2D eigenvalue weighted by molar-refractivity contribution is -0.141. The van der Waals surface area contributed by atoms with Crippen LogP contribution in [0.2, 0.25) is 0 Å². The van der Waals surface area contributed by atoms with E-state index in [1.165, 1.54) is 57.4 Å². The number of hydrogen-bond acceptors (Lipinski definition) is 6. The molecule has 2 aliphatic rings. The minimum absolute atomic E-state index is 0.000726. The minimum atomic E-state index is -3.78. The fraction of sp³-hybridized carbons (Fsp3) is 0.815. The zero-order chi connectivity index (χ0) is 26.8. The Bertz CT molecular complexity index is 912. The van der Waals surface area contributed by atoms with Gasteiger partial charge in [-0.3, -0.25) is 9.36 Å². The maximum Gasteiger partial charge on any atom is 0.351 e. The zero-order valence-electron chi connectivity index (χ0n) is 21.9. The number of carbonyl (C=O) groups is 1. The Morgan fingerprint density at radius 2 is 1.78 bits per heavy atom. The number of hydrogen-bond donors (Lipinski definition) is 3. The van der Waals surface area contributed by atoms with E-state index in [0.29, 0.717) is 10.5 Å². The molecule has 1 saturated heterocycles. The third kappa shape index (κ3) is 7.80. The smallest absolute Gasteiger partial charge is 0.351 e. The van der Waals surface area contributed by atoms with Gasteiger partial charge in [0.25, 0.3) is 0 Å². The van der Waals surface area contributed by atoms with Gasteiger partial charge in [-0.2, -0.15) is 13.8 Å². The van der Waals surface area contributed by atoms with Gasteiger partial charge >= 0.3 is 11.6 Å². The molecule has 210 valence electrons. The number of unbranched alkanes of at least 4 members (excludes halogenated alkanes) is 8. The van der Waals surface area contributed by atoms with E-state index in [0.717, 1.165) is 44.7 Å². The Hall–Kier alpha value is -1.91. The molecule has 37 heavy (non-hydrogen) atoms. The molecule has 1 aliphatic carbocycles. The molecule has 1 aliphatic heterocycles. The van der Waals surface area contributed by atoms with Crippen molar-refractivity contribution in [1.29, 1.82) is 0 Å². The number of anilines is 1. The van der Waals surface area contributed by atoms with Crippen LogP contribution in [-0.4, -0.2) is 50.4 Å². The zero-order valence-corrected chi connectivity index (χ0v) is 21.9. The van der Waals surface area contributed by atoms with Gasteiger partial charge in [0.05, 0.1) is 6.61 Å². The molecule has 2 heterocycles. The monoisotopic (exact) mass is 527 g/mol. The highest BCUT2D eigenvalue weighted by Crippen LogP contribution is 2.42.